The Morgan fingerprint density at radius 2 is 1.87 bits per heavy atom. The average molecular weight is 544 g/mol. The number of halogens is 4. The van der Waals surface area contributed by atoms with E-state index in [0.717, 1.165) is 17.7 Å². The Balaban J connectivity index is 0.00000450. The summed E-state index contributed by atoms with van der Waals surface area (Å²) in [6.07, 6.45) is -4.34. The molecule has 1 aromatic carbocycles. The highest BCUT2D eigenvalue weighted by atomic mass is 127. The van der Waals surface area contributed by atoms with Gasteiger partial charge in [0.05, 0.1) is 38.0 Å². The van der Waals surface area contributed by atoms with Gasteiger partial charge in [-0.15, -0.1) is 24.0 Å². The lowest BCUT2D eigenvalue weighted by atomic mass is 10.0. The van der Waals surface area contributed by atoms with Gasteiger partial charge in [0.15, 0.2) is 5.96 Å². The molecular weight excluding hydrogens is 512 g/mol. The number of nitrogens with one attached hydrogen (secondary N) is 2. The molecule has 2 atom stereocenters. The summed E-state index contributed by atoms with van der Waals surface area (Å²) >= 11 is 0. The Morgan fingerprint density at radius 3 is 2.40 bits per heavy atom. The first-order chi connectivity index (χ1) is 13.8. The minimum atomic E-state index is -4.34. The second kappa shape index (κ2) is 13.3. The summed E-state index contributed by atoms with van der Waals surface area (Å²) < 4.78 is 49.3. The largest absolute Gasteiger partial charge is 0.416 e. The summed E-state index contributed by atoms with van der Waals surface area (Å²) in [7, 11) is 1.64. The molecule has 1 aliphatic heterocycles. The van der Waals surface area contributed by atoms with Crippen molar-refractivity contribution >= 4 is 29.9 Å². The molecule has 0 spiro atoms. The van der Waals surface area contributed by atoms with Crippen molar-refractivity contribution in [3.05, 3.63) is 35.4 Å². The Kier molecular flexibility index (Phi) is 12.0. The van der Waals surface area contributed by atoms with E-state index in [2.05, 4.69) is 15.5 Å². The van der Waals surface area contributed by atoms with Crippen LogP contribution in [0, 0.1) is 0 Å². The number of rotatable bonds is 8. The molecule has 2 N–H and O–H groups in total. The topological polar surface area (TPSA) is 58.1 Å². The maximum atomic E-state index is 12.9. The van der Waals surface area contributed by atoms with Gasteiger partial charge in [-0.2, -0.15) is 13.2 Å². The van der Waals surface area contributed by atoms with E-state index >= 15 is 0 Å². The third kappa shape index (κ3) is 8.56. The molecule has 1 saturated heterocycles. The highest BCUT2D eigenvalue weighted by Gasteiger charge is 2.31. The maximum Gasteiger partial charge on any atom is 0.416 e. The summed E-state index contributed by atoms with van der Waals surface area (Å²) in [5, 5.41) is 6.48. The third-order valence-electron chi connectivity index (χ3n) is 4.68. The first kappa shape index (κ1) is 26.9. The molecule has 30 heavy (non-hydrogen) atoms. The number of ether oxygens (including phenoxy) is 2. The number of hydrogen-bond donors (Lipinski definition) is 2. The van der Waals surface area contributed by atoms with Crippen LogP contribution in [0.3, 0.4) is 0 Å². The smallest absolute Gasteiger partial charge is 0.383 e. The highest BCUT2D eigenvalue weighted by Crippen LogP contribution is 2.31. The molecule has 10 heteroatoms. The van der Waals surface area contributed by atoms with E-state index in [4.69, 9.17) is 14.5 Å². The predicted molar refractivity (Wildman–Crippen MR) is 122 cm³/mol. The minimum absolute atomic E-state index is 0. The van der Waals surface area contributed by atoms with Crippen molar-refractivity contribution in [2.24, 2.45) is 4.99 Å². The van der Waals surface area contributed by atoms with Gasteiger partial charge >= 0.3 is 6.18 Å². The van der Waals surface area contributed by atoms with E-state index in [-0.39, 0.29) is 36.1 Å². The summed E-state index contributed by atoms with van der Waals surface area (Å²) in [5.74, 6) is 0.655. The van der Waals surface area contributed by atoms with Gasteiger partial charge in [0.25, 0.3) is 0 Å². The van der Waals surface area contributed by atoms with Crippen molar-refractivity contribution in [3.63, 3.8) is 0 Å². The number of nitrogens with zero attached hydrogens (tertiary/aromatic N) is 2. The fourth-order valence-electron chi connectivity index (χ4n) is 3.24. The van der Waals surface area contributed by atoms with E-state index in [1.54, 1.807) is 19.2 Å². The molecule has 0 amide bonds. The van der Waals surface area contributed by atoms with Gasteiger partial charge in [-0.05, 0) is 31.5 Å². The van der Waals surface area contributed by atoms with Gasteiger partial charge in [0, 0.05) is 32.8 Å². The highest BCUT2D eigenvalue weighted by molar-refractivity contribution is 14.0. The quantitative estimate of drug-likeness (QED) is 0.299. The minimum Gasteiger partial charge on any atom is -0.383 e. The predicted octanol–water partition coefficient (Wildman–Crippen LogP) is 3.29. The molecule has 2 rings (SSSR count). The summed E-state index contributed by atoms with van der Waals surface area (Å²) in [5.41, 5.74) is 0.165. The lowest BCUT2D eigenvalue weighted by Gasteiger charge is -2.34. The summed E-state index contributed by atoms with van der Waals surface area (Å²) in [4.78, 5) is 6.90. The zero-order valence-electron chi connectivity index (χ0n) is 17.7. The van der Waals surface area contributed by atoms with E-state index in [1.165, 1.54) is 0 Å². The molecule has 0 radical (unpaired) electrons. The Labute approximate surface area is 193 Å². The van der Waals surface area contributed by atoms with Crippen molar-refractivity contribution in [3.8, 4) is 0 Å². The molecule has 1 heterocycles. The van der Waals surface area contributed by atoms with Gasteiger partial charge < -0.3 is 20.1 Å². The summed E-state index contributed by atoms with van der Waals surface area (Å²) in [6, 6.07) is 5.31. The van der Waals surface area contributed by atoms with Crippen LogP contribution in [0.2, 0.25) is 0 Å². The van der Waals surface area contributed by atoms with Crippen LogP contribution in [0.1, 0.15) is 31.0 Å². The van der Waals surface area contributed by atoms with Gasteiger partial charge in [-0.1, -0.05) is 12.1 Å². The van der Waals surface area contributed by atoms with E-state index < -0.39 is 11.7 Å². The number of methoxy groups -OCH3 is 1. The average Bonchev–Trinajstić information content (AvgIpc) is 2.69. The van der Waals surface area contributed by atoms with E-state index in [0.29, 0.717) is 52.0 Å². The molecule has 0 saturated carbocycles. The van der Waals surface area contributed by atoms with Crippen LogP contribution in [-0.4, -0.2) is 70.0 Å². The molecule has 6 nitrogen and oxygen atoms in total. The number of aliphatic imine (C=N–C) groups is 1. The lowest BCUT2D eigenvalue weighted by molar-refractivity contribution is -0.137. The molecule has 0 aromatic heterocycles. The van der Waals surface area contributed by atoms with Crippen molar-refractivity contribution < 1.29 is 22.6 Å². The van der Waals surface area contributed by atoms with Crippen LogP contribution in [0.15, 0.2) is 29.3 Å². The van der Waals surface area contributed by atoms with Crippen LogP contribution >= 0.6 is 24.0 Å². The molecular formula is C20H32F3IN4O2. The second-order valence-electron chi connectivity index (χ2n) is 7.00. The van der Waals surface area contributed by atoms with Crippen molar-refractivity contribution in [2.75, 3.05) is 53.1 Å². The molecule has 2 unspecified atom stereocenters. The first-order valence-electron chi connectivity index (χ1n) is 9.87. The van der Waals surface area contributed by atoms with Crippen molar-refractivity contribution in [2.45, 2.75) is 32.1 Å². The number of alkyl halides is 3. The summed E-state index contributed by atoms with van der Waals surface area (Å²) in [6.45, 7) is 8.26. The van der Waals surface area contributed by atoms with E-state index in [1.807, 2.05) is 13.8 Å². The number of hydrogen-bond acceptors (Lipinski definition) is 4. The molecule has 172 valence electrons. The monoisotopic (exact) mass is 544 g/mol. The molecule has 1 fully saturated rings. The second-order valence-corrected chi connectivity index (χ2v) is 7.00. The normalized spacial score (nSPS) is 17.7. The van der Waals surface area contributed by atoms with Crippen molar-refractivity contribution in [1.82, 2.24) is 15.5 Å². The zero-order valence-corrected chi connectivity index (χ0v) is 20.0. The van der Waals surface area contributed by atoms with Crippen LogP contribution in [0.5, 0.6) is 0 Å². The van der Waals surface area contributed by atoms with Crippen LogP contribution in [0.4, 0.5) is 13.2 Å². The van der Waals surface area contributed by atoms with Crippen LogP contribution in [0.25, 0.3) is 0 Å². The van der Waals surface area contributed by atoms with Crippen molar-refractivity contribution in [1.29, 1.82) is 0 Å². The molecule has 0 bridgehead atoms. The standard InChI is InChI=1S/C20H31F3N4O2.HI/c1-4-24-19(26-15(2)14-28-3)25-13-18(27-9-11-29-12-10-27)16-5-7-17(8-6-16)20(21,22)23;/h5-8,15,18H,4,9-14H2,1-3H3,(H2,24,25,26);1H. The third-order valence-corrected chi connectivity index (χ3v) is 4.68. The van der Waals surface area contributed by atoms with Gasteiger partial charge in [-0.3, -0.25) is 9.89 Å². The fraction of sp³-hybridized carbons (Fsp3) is 0.650. The molecule has 0 aliphatic carbocycles. The van der Waals surface area contributed by atoms with Crippen LogP contribution < -0.4 is 10.6 Å². The van der Waals surface area contributed by atoms with E-state index in [9.17, 15) is 13.2 Å². The molecule has 1 aromatic rings. The SMILES string of the molecule is CCNC(=NCC(c1ccc(C(F)(F)F)cc1)N1CCOCC1)NC(C)COC.I. The Hall–Kier alpha value is -1.11. The fourth-order valence-corrected chi connectivity index (χ4v) is 3.24. The Bertz CT molecular complexity index is 638. The number of guanidine groups is 1. The Morgan fingerprint density at radius 1 is 1.23 bits per heavy atom. The van der Waals surface area contributed by atoms with Gasteiger partial charge in [0.1, 0.15) is 0 Å². The lowest BCUT2D eigenvalue weighted by Crippen LogP contribution is -2.45. The number of morpholine rings is 1. The first-order valence-corrected chi connectivity index (χ1v) is 9.87. The van der Waals surface area contributed by atoms with Gasteiger partial charge in [-0.25, -0.2) is 0 Å². The van der Waals surface area contributed by atoms with Gasteiger partial charge in [0.2, 0.25) is 0 Å². The zero-order chi connectivity index (χ0) is 21.3. The maximum absolute atomic E-state index is 12.9. The number of benzene rings is 1. The molecule has 1 aliphatic rings. The van der Waals surface area contributed by atoms with Crippen LogP contribution in [-0.2, 0) is 15.7 Å².